The molecule has 3 aromatic rings. The number of nitrogens with zero attached hydrogens (tertiary/aromatic N) is 1. The molecule has 11 nitrogen and oxygen atoms in total. The summed E-state index contributed by atoms with van der Waals surface area (Å²) in [7, 11) is -5.09. The molecule has 0 radical (unpaired) electrons. The second kappa shape index (κ2) is 8.46. The number of anilines is 2. The van der Waals surface area contributed by atoms with Gasteiger partial charge in [-0.1, -0.05) is 18.2 Å². The lowest BCUT2D eigenvalue weighted by Crippen LogP contribution is -2.61. The van der Waals surface area contributed by atoms with Gasteiger partial charge < -0.3 is 10.6 Å². The molecule has 4 rings (SSSR count). The molecule has 15 heteroatoms. The van der Waals surface area contributed by atoms with Crippen LogP contribution in [-0.2, 0) is 25.2 Å². The number of fused-ring (bicyclic) bond motifs is 1. The van der Waals surface area contributed by atoms with Crippen molar-refractivity contribution in [3.8, 4) is 5.69 Å². The SMILES string of the molecule is CC(=O)Nc1ccc(S(=O)(=O)NC2(C(F)(F)F)C(=O)Nc3c2c(=O)[nH]c(=O)n3-c2ccccc2)cc1. The van der Waals surface area contributed by atoms with Crippen molar-refractivity contribution in [2.24, 2.45) is 0 Å². The number of aromatic nitrogens is 2. The summed E-state index contributed by atoms with van der Waals surface area (Å²) in [5.74, 6) is -3.23. The summed E-state index contributed by atoms with van der Waals surface area (Å²) >= 11 is 0. The van der Waals surface area contributed by atoms with Crippen LogP contribution in [0, 0.1) is 0 Å². The summed E-state index contributed by atoms with van der Waals surface area (Å²) in [5.41, 5.74) is -8.00. The monoisotopic (exact) mass is 523 g/mol. The van der Waals surface area contributed by atoms with E-state index in [-0.39, 0.29) is 11.4 Å². The third kappa shape index (κ3) is 3.97. The Morgan fingerprint density at radius 3 is 2.17 bits per heavy atom. The molecular formula is C21H16F3N5O6S. The Morgan fingerprint density at radius 1 is 1.00 bits per heavy atom. The Kier molecular flexibility index (Phi) is 5.84. The third-order valence-electron chi connectivity index (χ3n) is 5.27. The van der Waals surface area contributed by atoms with Gasteiger partial charge in [-0.25, -0.2) is 17.8 Å². The Morgan fingerprint density at radius 2 is 1.61 bits per heavy atom. The highest BCUT2D eigenvalue weighted by Crippen LogP contribution is 2.46. The minimum absolute atomic E-state index is 0.00434. The van der Waals surface area contributed by atoms with Crippen LogP contribution in [0.15, 0.2) is 69.1 Å². The minimum atomic E-state index is -5.66. The lowest BCUT2D eigenvalue weighted by molar-refractivity contribution is -0.194. The number of H-pyrrole nitrogens is 1. The third-order valence-corrected chi connectivity index (χ3v) is 6.74. The molecule has 0 spiro atoms. The molecule has 188 valence electrons. The van der Waals surface area contributed by atoms with Gasteiger partial charge >= 0.3 is 11.9 Å². The fraction of sp³-hybridized carbons (Fsp3) is 0.143. The number of benzene rings is 2. The van der Waals surface area contributed by atoms with Gasteiger partial charge in [0.1, 0.15) is 5.82 Å². The number of hydrogen-bond acceptors (Lipinski definition) is 6. The van der Waals surface area contributed by atoms with Crippen LogP contribution in [0.1, 0.15) is 12.5 Å². The molecule has 0 bridgehead atoms. The van der Waals surface area contributed by atoms with Crippen molar-refractivity contribution in [2.75, 3.05) is 10.6 Å². The van der Waals surface area contributed by atoms with Gasteiger partial charge in [-0.05, 0) is 36.4 Å². The Labute approximate surface area is 200 Å². The van der Waals surface area contributed by atoms with E-state index in [0.717, 1.165) is 24.3 Å². The summed E-state index contributed by atoms with van der Waals surface area (Å²) < 4.78 is 71.6. The molecular weight excluding hydrogens is 507 g/mol. The number of hydrogen-bond donors (Lipinski definition) is 4. The first-order chi connectivity index (χ1) is 16.8. The average molecular weight is 523 g/mol. The zero-order valence-electron chi connectivity index (χ0n) is 18.1. The topological polar surface area (TPSA) is 159 Å². The van der Waals surface area contributed by atoms with Gasteiger partial charge in [0.2, 0.25) is 21.5 Å². The molecule has 1 aliphatic heterocycles. The maximum absolute atomic E-state index is 14.5. The molecule has 1 aliphatic rings. The van der Waals surface area contributed by atoms with Gasteiger partial charge in [0.15, 0.2) is 0 Å². The average Bonchev–Trinajstić information content (AvgIpc) is 3.07. The molecule has 36 heavy (non-hydrogen) atoms. The highest BCUT2D eigenvalue weighted by Gasteiger charge is 2.69. The van der Waals surface area contributed by atoms with E-state index in [2.05, 4.69) is 5.32 Å². The number of para-hydroxylation sites is 1. The van der Waals surface area contributed by atoms with Gasteiger partial charge in [0.25, 0.3) is 11.5 Å². The fourth-order valence-corrected chi connectivity index (χ4v) is 5.07. The molecule has 1 atom stereocenters. The number of carbonyl (C=O) groups excluding carboxylic acids is 2. The van der Waals surface area contributed by atoms with Crippen molar-refractivity contribution < 1.29 is 31.2 Å². The summed E-state index contributed by atoms with van der Waals surface area (Å²) in [6.45, 7) is 1.20. The second-order valence-corrected chi connectivity index (χ2v) is 9.35. The summed E-state index contributed by atoms with van der Waals surface area (Å²) in [4.78, 5) is 50.2. The molecule has 0 fully saturated rings. The zero-order chi connectivity index (χ0) is 26.5. The first-order valence-electron chi connectivity index (χ1n) is 10.0. The van der Waals surface area contributed by atoms with Crippen LogP contribution in [-0.4, -0.2) is 36.0 Å². The van der Waals surface area contributed by atoms with Crippen LogP contribution in [0.4, 0.5) is 24.7 Å². The lowest BCUT2D eigenvalue weighted by Gasteiger charge is -2.29. The van der Waals surface area contributed by atoms with Crippen molar-refractivity contribution in [2.45, 2.75) is 23.5 Å². The van der Waals surface area contributed by atoms with Crippen LogP contribution in [0.2, 0.25) is 0 Å². The summed E-state index contributed by atoms with van der Waals surface area (Å²) in [6.07, 6.45) is -5.66. The maximum Gasteiger partial charge on any atom is 0.421 e. The molecule has 0 saturated carbocycles. The van der Waals surface area contributed by atoms with Gasteiger partial charge in [-0.15, -0.1) is 0 Å². The first kappa shape index (κ1) is 24.9. The fourth-order valence-electron chi connectivity index (χ4n) is 3.75. The van der Waals surface area contributed by atoms with Crippen molar-refractivity contribution >= 4 is 33.3 Å². The van der Waals surface area contributed by atoms with Crippen molar-refractivity contribution in [1.29, 1.82) is 0 Å². The minimum Gasteiger partial charge on any atom is -0.326 e. The van der Waals surface area contributed by atoms with Gasteiger partial charge in [-0.3, -0.25) is 19.4 Å². The Bertz CT molecular complexity index is 1600. The maximum atomic E-state index is 14.5. The van der Waals surface area contributed by atoms with Crippen LogP contribution in [0.25, 0.3) is 5.69 Å². The van der Waals surface area contributed by atoms with Crippen LogP contribution in [0.5, 0.6) is 0 Å². The summed E-state index contributed by atoms with van der Waals surface area (Å²) in [6, 6.07) is 11.2. The largest absolute Gasteiger partial charge is 0.421 e. The number of halogens is 3. The second-order valence-electron chi connectivity index (χ2n) is 7.67. The highest BCUT2D eigenvalue weighted by atomic mass is 32.2. The Hall–Kier alpha value is -4.24. The molecule has 1 unspecified atom stereocenters. The molecule has 0 aliphatic carbocycles. The van der Waals surface area contributed by atoms with E-state index in [4.69, 9.17) is 0 Å². The smallest absolute Gasteiger partial charge is 0.326 e. The molecule has 2 heterocycles. The number of aromatic amines is 1. The number of sulfonamides is 1. The molecule has 0 saturated heterocycles. The van der Waals surface area contributed by atoms with E-state index in [0.29, 0.717) is 4.57 Å². The van der Waals surface area contributed by atoms with Gasteiger partial charge in [-0.2, -0.15) is 17.9 Å². The van der Waals surface area contributed by atoms with E-state index in [1.807, 2.05) is 5.32 Å². The predicted molar refractivity (Wildman–Crippen MR) is 120 cm³/mol. The number of rotatable bonds is 5. The van der Waals surface area contributed by atoms with Crippen LogP contribution >= 0.6 is 0 Å². The number of alkyl halides is 3. The molecule has 2 aromatic carbocycles. The predicted octanol–water partition coefficient (Wildman–Crippen LogP) is 1.17. The highest BCUT2D eigenvalue weighted by molar-refractivity contribution is 7.89. The van der Waals surface area contributed by atoms with Crippen LogP contribution < -0.4 is 26.6 Å². The van der Waals surface area contributed by atoms with Crippen molar-refractivity contribution in [3.05, 3.63) is 81.0 Å². The molecule has 4 N–H and O–H groups in total. The van der Waals surface area contributed by atoms with E-state index in [1.54, 1.807) is 11.1 Å². The van der Waals surface area contributed by atoms with E-state index in [9.17, 15) is 40.8 Å². The van der Waals surface area contributed by atoms with Gasteiger partial charge in [0, 0.05) is 12.6 Å². The number of carbonyl (C=O) groups is 2. The van der Waals surface area contributed by atoms with Crippen LogP contribution in [0.3, 0.4) is 0 Å². The quantitative estimate of drug-likeness (QED) is 0.393. The number of amides is 2. The van der Waals surface area contributed by atoms with Gasteiger partial charge in [0.05, 0.1) is 16.1 Å². The standard InChI is InChI=1S/C21H16F3N5O6S/c1-11(30)25-12-7-9-14(10-8-12)36(34,35)28-20(21(22,23)24)15-16(26-18(20)32)29(19(33)27-17(15)31)13-5-3-2-4-6-13/h2-10,28H,1H3,(H,25,30)(H,26,32)(H,27,31,33). The number of nitrogens with one attached hydrogen (secondary N) is 4. The molecule has 1 aromatic heterocycles. The van der Waals surface area contributed by atoms with Crippen molar-refractivity contribution in [3.63, 3.8) is 0 Å². The van der Waals surface area contributed by atoms with Crippen molar-refractivity contribution in [1.82, 2.24) is 14.3 Å². The van der Waals surface area contributed by atoms with E-state index < -0.39 is 61.1 Å². The Balaban J connectivity index is 1.92. The first-order valence-corrected chi connectivity index (χ1v) is 11.5. The molecule has 2 amide bonds. The van der Waals surface area contributed by atoms with E-state index in [1.165, 1.54) is 35.9 Å². The normalized spacial score (nSPS) is 17.4. The zero-order valence-corrected chi connectivity index (χ0v) is 19.0. The van der Waals surface area contributed by atoms with E-state index >= 15 is 0 Å². The summed E-state index contributed by atoms with van der Waals surface area (Å²) in [5, 5.41) is 4.22. The lowest BCUT2D eigenvalue weighted by atomic mass is 9.93.